The van der Waals surface area contributed by atoms with Crippen LogP contribution in [0.4, 0.5) is 0 Å². The average molecular weight is 768 g/mol. The van der Waals surface area contributed by atoms with E-state index < -0.39 is 57.9 Å². The topological polar surface area (TPSA) is 197 Å². The Labute approximate surface area is 311 Å². The number of hydrogen-bond acceptors (Lipinski definition) is 12. The van der Waals surface area contributed by atoms with Crippen LogP contribution in [0.3, 0.4) is 0 Å². The van der Waals surface area contributed by atoms with E-state index in [1.54, 1.807) is 65.8 Å². The Bertz CT molecular complexity index is 1560. The molecule has 2 aromatic carbocycles. The van der Waals surface area contributed by atoms with Crippen molar-refractivity contribution in [1.82, 2.24) is 14.7 Å². The predicted molar refractivity (Wildman–Crippen MR) is 192 cm³/mol. The van der Waals surface area contributed by atoms with Gasteiger partial charge in [0.25, 0.3) is 5.91 Å². The molecule has 53 heavy (non-hydrogen) atoms. The van der Waals surface area contributed by atoms with E-state index in [0.717, 1.165) is 4.31 Å². The fourth-order valence-corrected chi connectivity index (χ4v) is 6.44. The third kappa shape index (κ3) is 15.8. The number of ether oxygens (including phenoxy) is 5. The molecule has 0 aromatic heterocycles. The number of hydrogen-bond donors (Lipinski definition) is 2. The van der Waals surface area contributed by atoms with Crippen LogP contribution in [0.15, 0.2) is 53.4 Å². The quantitative estimate of drug-likeness (QED) is 0.0900. The number of carboxylic acids is 1. The second kappa shape index (κ2) is 22.2. The molecule has 16 nitrogen and oxygen atoms in total. The number of rotatable bonds is 24. The van der Waals surface area contributed by atoms with Crippen LogP contribution in [0, 0.1) is 5.92 Å². The van der Waals surface area contributed by atoms with Gasteiger partial charge in [0.2, 0.25) is 15.9 Å². The van der Waals surface area contributed by atoms with Gasteiger partial charge in [-0.1, -0.05) is 26.0 Å². The summed E-state index contributed by atoms with van der Waals surface area (Å²) in [5.74, 6) is -2.65. The number of carbonyl (C=O) groups excluding carboxylic acids is 3. The van der Waals surface area contributed by atoms with Crippen LogP contribution in [-0.2, 0) is 54.7 Å². The van der Waals surface area contributed by atoms with Crippen LogP contribution in [0.5, 0.6) is 5.75 Å². The van der Waals surface area contributed by atoms with E-state index in [-0.39, 0.29) is 64.2 Å². The molecule has 0 saturated heterocycles. The molecule has 0 spiro atoms. The van der Waals surface area contributed by atoms with Crippen molar-refractivity contribution in [2.45, 2.75) is 64.6 Å². The number of carbonyl (C=O) groups is 4. The molecule has 0 aliphatic rings. The van der Waals surface area contributed by atoms with Gasteiger partial charge < -0.3 is 34.1 Å². The van der Waals surface area contributed by atoms with E-state index in [4.69, 9.17) is 28.9 Å². The van der Waals surface area contributed by atoms with Gasteiger partial charge in [0, 0.05) is 25.2 Å². The van der Waals surface area contributed by atoms with E-state index in [0.29, 0.717) is 16.9 Å². The highest BCUT2D eigenvalue weighted by Gasteiger charge is 2.40. The van der Waals surface area contributed by atoms with Gasteiger partial charge in [-0.05, 0) is 75.6 Å². The molecule has 0 heterocycles. The number of methoxy groups -OCH3 is 1. The third-order valence-corrected chi connectivity index (χ3v) is 9.02. The van der Waals surface area contributed by atoms with Crippen LogP contribution in [-0.4, -0.2) is 125 Å². The van der Waals surface area contributed by atoms with E-state index in [1.807, 2.05) is 0 Å². The highest BCUT2D eigenvalue weighted by molar-refractivity contribution is 7.89. The number of esters is 1. The molecular weight excluding hydrogens is 714 g/mol. The summed E-state index contributed by atoms with van der Waals surface area (Å²) in [4.78, 5) is 54.2. The van der Waals surface area contributed by atoms with Crippen molar-refractivity contribution >= 4 is 33.8 Å². The molecule has 1 atom stereocenters. The Morgan fingerprint density at radius 2 is 1.45 bits per heavy atom. The minimum absolute atomic E-state index is 0.0178. The Hall–Kier alpha value is -4.13. The summed E-state index contributed by atoms with van der Waals surface area (Å²) >= 11 is 0. The SMILES string of the molecule is CCN(OCCOCCOCCNC(=O)COCC(=O)O)C(=O)c1ccc(CN(C(C(=O)OC(C)(C)C)C(C)C)S(=O)(=O)c2ccc(OC)cc2)cc1. The lowest BCUT2D eigenvalue weighted by Crippen LogP contribution is -2.49. The largest absolute Gasteiger partial charge is 0.497 e. The maximum atomic E-state index is 14.1. The molecule has 2 rings (SSSR count). The van der Waals surface area contributed by atoms with Gasteiger partial charge in [0.05, 0.1) is 45.0 Å². The maximum Gasteiger partial charge on any atom is 0.329 e. The van der Waals surface area contributed by atoms with Crippen LogP contribution in [0.1, 0.15) is 57.5 Å². The normalized spacial score (nSPS) is 12.4. The number of nitrogens with one attached hydrogen (secondary N) is 1. The zero-order valence-electron chi connectivity index (χ0n) is 31.5. The van der Waals surface area contributed by atoms with Crippen molar-refractivity contribution in [3.63, 3.8) is 0 Å². The molecule has 0 aliphatic heterocycles. The zero-order chi connectivity index (χ0) is 39.6. The first-order chi connectivity index (χ1) is 25.0. The lowest BCUT2D eigenvalue weighted by atomic mass is 10.0. The van der Waals surface area contributed by atoms with Gasteiger partial charge in [-0.25, -0.2) is 18.3 Å². The molecule has 0 fully saturated rings. The molecule has 2 amide bonds. The van der Waals surface area contributed by atoms with Crippen molar-refractivity contribution in [3.8, 4) is 5.75 Å². The molecule has 0 saturated carbocycles. The fourth-order valence-electron chi connectivity index (χ4n) is 4.74. The van der Waals surface area contributed by atoms with Crippen LogP contribution >= 0.6 is 0 Å². The molecule has 0 bridgehead atoms. The third-order valence-electron chi connectivity index (χ3n) is 7.18. The molecule has 2 aromatic rings. The van der Waals surface area contributed by atoms with Crippen molar-refractivity contribution < 1.29 is 61.2 Å². The average Bonchev–Trinajstić information content (AvgIpc) is 3.09. The van der Waals surface area contributed by atoms with Crippen LogP contribution in [0.2, 0.25) is 0 Å². The summed E-state index contributed by atoms with van der Waals surface area (Å²) in [6, 6.07) is 11.2. The van der Waals surface area contributed by atoms with Gasteiger partial charge in [0.15, 0.2) is 0 Å². The summed E-state index contributed by atoms with van der Waals surface area (Å²) in [7, 11) is -2.74. The fraction of sp³-hybridized carbons (Fsp3) is 0.556. The van der Waals surface area contributed by atoms with E-state index >= 15 is 0 Å². The molecule has 17 heteroatoms. The first-order valence-corrected chi connectivity index (χ1v) is 18.6. The smallest absolute Gasteiger partial charge is 0.329 e. The van der Waals surface area contributed by atoms with Gasteiger partial charge in [-0.15, -0.1) is 0 Å². The summed E-state index contributed by atoms with van der Waals surface area (Å²) in [5, 5.41) is 12.2. The molecular formula is C36H53N3O13S. The molecule has 0 aliphatic carbocycles. The summed E-state index contributed by atoms with van der Waals surface area (Å²) in [6.45, 7) is 10.8. The van der Waals surface area contributed by atoms with Crippen LogP contribution < -0.4 is 10.1 Å². The number of hydroxylamine groups is 2. The van der Waals surface area contributed by atoms with E-state index in [9.17, 15) is 27.6 Å². The Morgan fingerprint density at radius 3 is 2.00 bits per heavy atom. The summed E-state index contributed by atoms with van der Waals surface area (Å²) in [6.07, 6.45) is 0. The van der Waals surface area contributed by atoms with Crippen LogP contribution in [0.25, 0.3) is 0 Å². The van der Waals surface area contributed by atoms with Gasteiger partial charge in [-0.3, -0.25) is 19.2 Å². The monoisotopic (exact) mass is 767 g/mol. The maximum absolute atomic E-state index is 14.1. The van der Waals surface area contributed by atoms with Crippen molar-refractivity contribution in [2.75, 3.05) is 66.4 Å². The summed E-state index contributed by atoms with van der Waals surface area (Å²) < 4.78 is 55.7. The predicted octanol–water partition coefficient (Wildman–Crippen LogP) is 2.90. The minimum atomic E-state index is -4.22. The molecule has 2 N–H and O–H groups in total. The number of sulfonamides is 1. The number of benzene rings is 2. The van der Waals surface area contributed by atoms with E-state index in [2.05, 4.69) is 10.1 Å². The zero-order valence-corrected chi connectivity index (χ0v) is 32.3. The Balaban J connectivity index is 1.99. The number of nitrogens with zero attached hydrogens (tertiary/aromatic N) is 2. The van der Waals surface area contributed by atoms with Gasteiger partial charge in [-0.2, -0.15) is 4.31 Å². The lowest BCUT2D eigenvalue weighted by Gasteiger charge is -2.34. The number of aliphatic carboxylic acids is 1. The van der Waals surface area contributed by atoms with Crippen molar-refractivity contribution in [3.05, 3.63) is 59.7 Å². The Morgan fingerprint density at radius 1 is 0.849 bits per heavy atom. The van der Waals surface area contributed by atoms with E-state index in [1.165, 1.54) is 36.4 Å². The Kier molecular flexibility index (Phi) is 18.8. The number of carboxylic acid groups (broad SMARTS) is 1. The highest BCUT2D eigenvalue weighted by atomic mass is 32.2. The van der Waals surface area contributed by atoms with Gasteiger partial charge >= 0.3 is 11.9 Å². The molecule has 296 valence electrons. The second-order valence-corrected chi connectivity index (χ2v) is 14.8. The first-order valence-electron chi connectivity index (χ1n) is 17.1. The molecule has 0 radical (unpaired) electrons. The van der Waals surface area contributed by atoms with Gasteiger partial charge in [0.1, 0.15) is 30.6 Å². The van der Waals surface area contributed by atoms with Crippen molar-refractivity contribution in [1.29, 1.82) is 0 Å². The van der Waals surface area contributed by atoms with Crippen molar-refractivity contribution in [2.24, 2.45) is 5.92 Å². The lowest BCUT2D eigenvalue weighted by molar-refractivity contribution is -0.161. The summed E-state index contributed by atoms with van der Waals surface area (Å²) in [5.41, 5.74) is 0.00373. The molecule has 1 unspecified atom stereocenters. The number of amides is 2. The highest BCUT2D eigenvalue weighted by Crippen LogP contribution is 2.28. The first kappa shape index (κ1) is 45.0. The standard InChI is InChI=1S/C36H53N3O13S/c1-8-38(51-22-21-49-20-19-48-18-17-37-31(40)24-50-25-32(41)42)34(43)28-11-9-27(10-12-28)23-39(33(26(2)3)35(44)52-36(4,5)6)53(45,46)30-15-13-29(47-7)14-16-30/h9-16,26,33H,8,17-25H2,1-7H3,(H,37,40)(H,41,42). The minimum Gasteiger partial charge on any atom is -0.497 e. The second-order valence-electron chi connectivity index (χ2n) is 12.9.